The highest BCUT2D eigenvalue weighted by Crippen LogP contribution is 2.28. The topological polar surface area (TPSA) is 87.6 Å². The lowest BCUT2D eigenvalue weighted by atomic mass is 10.1. The number of ether oxygens (including phenoxy) is 2. The number of hydrogen-bond donors (Lipinski definition) is 2. The molecule has 0 saturated carbocycles. The lowest BCUT2D eigenvalue weighted by Crippen LogP contribution is -2.08. The number of nitrogen functional groups attached to an aromatic ring is 2. The normalized spacial score (nSPS) is 9.57. The molecule has 0 aliphatic rings. The summed E-state index contributed by atoms with van der Waals surface area (Å²) in [6.45, 7) is 0. The van der Waals surface area contributed by atoms with Crippen LogP contribution in [0.25, 0.3) is 0 Å². The number of carbonyl (C=O) groups excluding carboxylic acids is 1. The molecule has 0 atom stereocenters. The summed E-state index contributed by atoms with van der Waals surface area (Å²) in [5.41, 5.74) is 12.1. The van der Waals surface area contributed by atoms with Gasteiger partial charge in [-0.3, -0.25) is 0 Å². The standard InChI is InChI=1S/C9H12N2O3/c1-13-7-4-5(10)3-6(8(7)11)9(12)14-2/h3-4H,10-11H2,1-2H3. The van der Waals surface area contributed by atoms with Crippen molar-refractivity contribution in [1.29, 1.82) is 0 Å². The Hall–Kier alpha value is -1.91. The first-order chi connectivity index (χ1) is 6.60. The van der Waals surface area contributed by atoms with Crippen molar-refractivity contribution in [3.63, 3.8) is 0 Å². The number of rotatable bonds is 2. The Morgan fingerprint density at radius 2 is 1.93 bits per heavy atom. The third-order valence-corrected chi connectivity index (χ3v) is 1.79. The van der Waals surface area contributed by atoms with Crippen LogP contribution in [0.3, 0.4) is 0 Å². The summed E-state index contributed by atoms with van der Waals surface area (Å²) >= 11 is 0. The van der Waals surface area contributed by atoms with E-state index >= 15 is 0 Å². The smallest absolute Gasteiger partial charge is 0.340 e. The number of carbonyl (C=O) groups is 1. The van der Waals surface area contributed by atoms with Gasteiger partial charge in [-0.15, -0.1) is 0 Å². The van der Waals surface area contributed by atoms with Gasteiger partial charge in [-0.1, -0.05) is 0 Å². The molecule has 0 bridgehead atoms. The van der Waals surface area contributed by atoms with Crippen LogP contribution < -0.4 is 16.2 Å². The van der Waals surface area contributed by atoms with Gasteiger partial charge in [0.05, 0.1) is 25.5 Å². The monoisotopic (exact) mass is 196 g/mol. The fourth-order valence-electron chi connectivity index (χ4n) is 1.10. The molecule has 0 radical (unpaired) electrons. The number of methoxy groups -OCH3 is 2. The zero-order valence-corrected chi connectivity index (χ0v) is 8.03. The van der Waals surface area contributed by atoms with Gasteiger partial charge < -0.3 is 20.9 Å². The summed E-state index contributed by atoms with van der Waals surface area (Å²) in [6.07, 6.45) is 0. The van der Waals surface area contributed by atoms with Crippen LogP contribution in [0.2, 0.25) is 0 Å². The SMILES string of the molecule is COC(=O)c1cc(N)cc(OC)c1N. The van der Waals surface area contributed by atoms with Crippen LogP contribution in [0.1, 0.15) is 10.4 Å². The van der Waals surface area contributed by atoms with Crippen molar-refractivity contribution in [3.05, 3.63) is 17.7 Å². The van der Waals surface area contributed by atoms with Gasteiger partial charge >= 0.3 is 5.97 Å². The second-order valence-corrected chi connectivity index (χ2v) is 2.68. The van der Waals surface area contributed by atoms with Crippen LogP contribution in [0.4, 0.5) is 11.4 Å². The van der Waals surface area contributed by atoms with E-state index in [1.54, 1.807) is 6.07 Å². The zero-order chi connectivity index (χ0) is 10.7. The van der Waals surface area contributed by atoms with Crippen molar-refractivity contribution in [1.82, 2.24) is 0 Å². The minimum Gasteiger partial charge on any atom is -0.494 e. The van der Waals surface area contributed by atoms with Crippen molar-refractivity contribution in [2.75, 3.05) is 25.7 Å². The Labute approximate surface area is 81.6 Å². The summed E-state index contributed by atoms with van der Waals surface area (Å²) < 4.78 is 9.49. The molecule has 1 aromatic carbocycles. The van der Waals surface area contributed by atoms with E-state index in [9.17, 15) is 4.79 Å². The van der Waals surface area contributed by atoms with E-state index in [2.05, 4.69) is 4.74 Å². The maximum absolute atomic E-state index is 11.2. The molecule has 14 heavy (non-hydrogen) atoms. The first-order valence-electron chi connectivity index (χ1n) is 3.91. The van der Waals surface area contributed by atoms with Crippen LogP contribution in [0, 0.1) is 0 Å². The van der Waals surface area contributed by atoms with Crippen molar-refractivity contribution in [3.8, 4) is 5.75 Å². The van der Waals surface area contributed by atoms with Gasteiger partial charge in [0.15, 0.2) is 0 Å². The van der Waals surface area contributed by atoms with Crippen molar-refractivity contribution in [2.45, 2.75) is 0 Å². The highest BCUT2D eigenvalue weighted by atomic mass is 16.5. The molecule has 0 saturated heterocycles. The van der Waals surface area contributed by atoms with E-state index in [0.29, 0.717) is 11.4 Å². The van der Waals surface area contributed by atoms with Gasteiger partial charge in [-0.05, 0) is 6.07 Å². The molecule has 1 rings (SSSR count). The highest BCUT2D eigenvalue weighted by molar-refractivity contribution is 5.97. The first kappa shape index (κ1) is 10.2. The second kappa shape index (κ2) is 3.87. The fourth-order valence-corrected chi connectivity index (χ4v) is 1.10. The predicted octanol–water partition coefficient (Wildman–Crippen LogP) is 0.646. The fraction of sp³-hybridized carbons (Fsp3) is 0.222. The van der Waals surface area contributed by atoms with Gasteiger partial charge in [0.2, 0.25) is 0 Å². The number of esters is 1. The van der Waals surface area contributed by atoms with Crippen LogP contribution >= 0.6 is 0 Å². The van der Waals surface area contributed by atoms with Crippen LogP contribution in [-0.2, 0) is 4.74 Å². The Balaban J connectivity index is 3.29. The van der Waals surface area contributed by atoms with Crippen molar-refractivity contribution >= 4 is 17.3 Å². The van der Waals surface area contributed by atoms with E-state index in [0.717, 1.165) is 0 Å². The summed E-state index contributed by atoms with van der Waals surface area (Å²) in [5.74, 6) is -0.168. The highest BCUT2D eigenvalue weighted by Gasteiger charge is 2.14. The Bertz CT molecular complexity index is 363. The minimum atomic E-state index is -0.534. The Morgan fingerprint density at radius 1 is 1.29 bits per heavy atom. The molecule has 5 nitrogen and oxygen atoms in total. The van der Waals surface area contributed by atoms with E-state index in [1.807, 2.05) is 0 Å². The molecule has 0 unspecified atom stereocenters. The molecule has 0 fully saturated rings. The molecule has 4 N–H and O–H groups in total. The molecular formula is C9H12N2O3. The second-order valence-electron chi connectivity index (χ2n) is 2.68. The van der Waals surface area contributed by atoms with E-state index < -0.39 is 5.97 Å². The van der Waals surface area contributed by atoms with Crippen molar-refractivity contribution < 1.29 is 14.3 Å². The molecule has 0 aliphatic carbocycles. The molecule has 1 aromatic rings. The van der Waals surface area contributed by atoms with Crippen LogP contribution in [0.15, 0.2) is 12.1 Å². The van der Waals surface area contributed by atoms with E-state index in [-0.39, 0.29) is 11.3 Å². The molecule has 0 amide bonds. The van der Waals surface area contributed by atoms with Crippen LogP contribution in [-0.4, -0.2) is 20.2 Å². The summed E-state index contributed by atoms with van der Waals surface area (Å²) in [7, 11) is 2.73. The number of hydrogen-bond acceptors (Lipinski definition) is 5. The lowest BCUT2D eigenvalue weighted by molar-refractivity contribution is 0.0601. The summed E-state index contributed by atoms with van der Waals surface area (Å²) in [4.78, 5) is 11.2. The molecular weight excluding hydrogens is 184 g/mol. The zero-order valence-electron chi connectivity index (χ0n) is 8.03. The maximum atomic E-state index is 11.2. The molecule has 0 spiro atoms. The molecule has 5 heteroatoms. The first-order valence-corrected chi connectivity index (χ1v) is 3.91. The van der Waals surface area contributed by atoms with Crippen molar-refractivity contribution in [2.24, 2.45) is 0 Å². The Morgan fingerprint density at radius 3 is 2.43 bits per heavy atom. The van der Waals surface area contributed by atoms with Gasteiger partial charge in [0.1, 0.15) is 5.75 Å². The van der Waals surface area contributed by atoms with E-state index in [1.165, 1.54) is 20.3 Å². The van der Waals surface area contributed by atoms with Gasteiger partial charge in [-0.25, -0.2) is 4.79 Å². The predicted molar refractivity (Wildman–Crippen MR) is 53.2 cm³/mol. The largest absolute Gasteiger partial charge is 0.494 e. The third-order valence-electron chi connectivity index (χ3n) is 1.79. The summed E-state index contributed by atoms with van der Waals surface area (Å²) in [5, 5.41) is 0. The Kier molecular flexibility index (Phi) is 2.81. The van der Waals surface area contributed by atoms with Crippen LogP contribution in [0.5, 0.6) is 5.75 Å². The third kappa shape index (κ3) is 1.71. The average Bonchev–Trinajstić information content (AvgIpc) is 2.19. The molecule has 0 aromatic heterocycles. The van der Waals surface area contributed by atoms with E-state index in [4.69, 9.17) is 16.2 Å². The number of nitrogens with two attached hydrogens (primary N) is 2. The van der Waals surface area contributed by atoms with Gasteiger partial charge in [0, 0.05) is 11.8 Å². The van der Waals surface area contributed by atoms with Gasteiger partial charge in [-0.2, -0.15) is 0 Å². The average molecular weight is 196 g/mol. The number of benzene rings is 1. The molecule has 0 heterocycles. The number of anilines is 2. The maximum Gasteiger partial charge on any atom is 0.340 e. The molecule has 0 aliphatic heterocycles. The molecule has 76 valence electrons. The lowest BCUT2D eigenvalue weighted by Gasteiger charge is -2.09. The quantitative estimate of drug-likeness (QED) is 0.535. The van der Waals surface area contributed by atoms with Gasteiger partial charge in [0.25, 0.3) is 0 Å². The summed E-state index contributed by atoms with van der Waals surface area (Å²) in [6, 6.07) is 2.99. The minimum absolute atomic E-state index is 0.212.